The Hall–Kier alpha value is -0.180. The predicted octanol–water partition coefficient (Wildman–Crippen LogP) is 0.585. The zero-order chi connectivity index (χ0) is 13.0. The fraction of sp³-hybridized carbons (Fsp3) is 0.600. The van der Waals surface area contributed by atoms with Crippen molar-refractivity contribution in [3.8, 4) is 0 Å². The highest BCUT2D eigenvalue weighted by molar-refractivity contribution is 7.91. The van der Waals surface area contributed by atoms with Gasteiger partial charge in [0.1, 0.15) is 4.21 Å². The highest BCUT2D eigenvalue weighted by Gasteiger charge is 2.17. The summed E-state index contributed by atoms with van der Waals surface area (Å²) in [5.41, 5.74) is 0. The van der Waals surface area contributed by atoms with Gasteiger partial charge in [0.25, 0.3) is 0 Å². The summed E-state index contributed by atoms with van der Waals surface area (Å²) in [7, 11) is -3.40. The lowest BCUT2D eigenvalue weighted by molar-refractivity contribution is 0.245. The minimum absolute atomic E-state index is 0.271. The molecule has 0 aliphatic carbocycles. The van der Waals surface area contributed by atoms with E-state index >= 15 is 0 Å². The first-order valence-electron chi connectivity index (χ1n) is 5.76. The highest BCUT2D eigenvalue weighted by atomic mass is 35.5. The molecule has 0 amide bonds. The second-order valence-corrected chi connectivity index (χ2v) is 7.76. The number of halogens is 1. The minimum atomic E-state index is -3.40. The number of hydrogen-bond donors (Lipinski definition) is 2. The van der Waals surface area contributed by atoms with Gasteiger partial charge in [-0.1, -0.05) is 11.6 Å². The molecule has 1 aromatic rings. The van der Waals surface area contributed by atoms with Gasteiger partial charge >= 0.3 is 0 Å². The lowest BCUT2D eigenvalue weighted by Crippen LogP contribution is -2.46. The van der Waals surface area contributed by atoms with Gasteiger partial charge in [-0.25, -0.2) is 13.1 Å². The number of rotatable bonds is 5. The largest absolute Gasteiger partial charge is 0.314 e. The van der Waals surface area contributed by atoms with Crippen LogP contribution in [0.15, 0.2) is 16.3 Å². The van der Waals surface area contributed by atoms with Crippen molar-refractivity contribution >= 4 is 33.0 Å². The van der Waals surface area contributed by atoms with E-state index < -0.39 is 10.0 Å². The zero-order valence-electron chi connectivity index (χ0n) is 9.86. The van der Waals surface area contributed by atoms with Crippen LogP contribution in [0.1, 0.15) is 0 Å². The molecule has 1 fully saturated rings. The van der Waals surface area contributed by atoms with Crippen LogP contribution < -0.4 is 10.0 Å². The summed E-state index contributed by atoms with van der Waals surface area (Å²) < 4.78 is 27.1. The molecule has 2 N–H and O–H groups in total. The van der Waals surface area contributed by atoms with Crippen LogP contribution >= 0.6 is 22.9 Å². The molecule has 102 valence electrons. The van der Waals surface area contributed by atoms with E-state index in [1.54, 1.807) is 6.07 Å². The maximum atomic E-state index is 11.9. The molecule has 0 aromatic carbocycles. The number of hydrogen-bond acceptors (Lipinski definition) is 5. The summed E-state index contributed by atoms with van der Waals surface area (Å²) in [6, 6.07) is 3.12. The summed E-state index contributed by atoms with van der Waals surface area (Å²) in [5, 5.41) is 3.26. The van der Waals surface area contributed by atoms with E-state index in [1.165, 1.54) is 6.07 Å². The molecule has 1 saturated heterocycles. The summed E-state index contributed by atoms with van der Waals surface area (Å²) in [5.74, 6) is 0. The Balaban J connectivity index is 1.82. The van der Waals surface area contributed by atoms with Crippen molar-refractivity contribution in [2.45, 2.75) is 4.21 Å². The first kappa shape index (κ1) is 14.2. The van der Waals surface area contributed by atoms with Gasteiger partial charge in [0.05, 0.1) is 4.34 Å². The van der Waals surface area contributed by atoms with Gasteiger partial charge in [-0.15, -0.1) is 11.3 Å². The second kappa shape index (κ2) is 6.31. The van der Waals surface area contributed by atoms with Crippen LogP contribution in [-0.4, -0.2) is 52.6 Å². The lowest BCUT2D eigenvalue weighted by Gasteiger charge is -2.26. The summed E-state index contributed by atoms with van der Waals surface area (Å²) in [6.45, 7) is 5.03. The maximum absolute atomic E-state index is 11.9. The maximum Gasteiger partial charge on any atom is 0.250 e. The van der Waals surface area contributed by atoms with Crippen molar-refractivity contribution < 1.29 is 8.42 Å². The van der Waals surface area contributed by atoms with Crippen molar-refractivity contribution in [1.29, 1.82) is 0 Å². The van der Waals surface area contributed by atoms with Gasteiger partial charge in [0.2, 0.25) is 10.0 Å². The first-order chi connectivity index (χ1) is 8.58. The molecule has 0 spiro atoms. The zero-order valence-corrected chi connectivity index (χ0v) is 12.2. The van der Waals surface area contributed by atoms with Crippen LogP contribution in [0.5, 0.6) is 0 Å². The van der Waals surface area contributed by atoms with E-state index in [2.05, 4.69) is 14.9 Å². The van der Waals surface area contributed by atoms with E-state index in [9.17, 15) is 8.42 Å². The number of nitrogens with one attached hydrogen (secondary N) is 2. The van der Waals surface area contributed by atoms with Gasteiger partial charge in [-0.05, 0) is 12.1 Å². The molecule has 8 heteroatoms. The number of thiophene rings is 1. The molecule has 1 aliphatic heterocycles. The highest BCUT2D eigenvalue weighted by Crippen LogP contribution is 2.25. The number of sulfonamides is 1. The van der Waals surface area contributed by atoms with Crippen molar-refractivity contribution in [1.82, 2.24) is 14.9 Å². The molecular formula is C10H16ClN3O2S2. The van der Waals surface area contributed by atoms with E-state index in [4.69, 9.17) is 11.6 Å². The van der Waals surface area contributed by atoms with Crippen LogP contribution in [0.25, 0.3) is 0 Å². The third-order valence-electron chi connectivity index (χ3n) is 2.74. The molecule has 1 aromatic heterocycles. The molecule has 5 nitrogen and oxygen atoms in total. The number of piperazine rings is 1. The van der Waals surface area contributed by atoms with Gasteiger partial charge in [-0.2, -0.15) is 0 Å². The van der Waals surface area contributed by atoms with Crippen LogP contribution in [-0.2, 0) is 10.0 Å². The fourth-order valence-electron chi connectivity index (χ4n) is 1.79. The van der Waals surface area contributed by atoms with Crippen molar-refractivity contribution in [3.63, 3.8) is 0 Å². The average Bonchev–Trinajstić information content (AvgIpc) is 2.78. The molecule has 2 rings (SSSR count). The Morgan fingerprint density at radius 2 is 2.11 bits per heavy atom. The molecule has 0 unspecified atom stereocenters. The second-order valence-electron chi connectivity index (χ2n) is 4.05. The molecule has 0 bridgehead atoms. The first-order valence-corrected chi connectivity index (χ1v) is 8.44. The van der Waals surface area contributed by atoms with Gasteiger partial charge < -0.3 is 5.32 Å². The predicted molar refractivity (Wildman–Crippen MR) is 73.8 cm³/mol. The third kappa shape index (κ3) is 3.91. The number of nitrogens with zero attached hydrogens (tertiary/aromatic N) is 1. The summed E-state index contributed by atoms with van der Waals surface area (Å²) in [4.78, 5) is 2.24. The summed E-state index contributed by atoms with van der Waals surface area (Å²) in [6.07, 6.45) is 0. The molecular weight excluding hydrogens is 294 g/mol. The minimum Gasteiger partial charge on any atom is -0.314 e. The molecule has 0 saturated carbocycles. The normalized spacial score (nSPS) is 18.1. The quantitative estimate of drug-likeness (QED) is 0.835. The van der Waals surface area contributed by atoms with Crippen molar-refractivity contribution in [3.05, 3.63) is 16.5 Å². The third-order valence-corrected chi connectivity index (χ3v) is 5.93. The molecule has 0 atom stereocenters. The van der Waals surface area contributed by atoms with Crippen LogP contribution in [0.4, 0.5) is 0 Å². The van der Waals surface area contributed by atoms with Crippen LogP contribution in [0.3, 0.4) is 0 Å². The Labute approximate surface area is 116 Å². The van der Waals surface area contributed by atoms with E-state index in [0.29, 0.717) is 10.9 Å². The standard InChI is InChI=1S/C10H16ClN3O2S2/c11-9-1-2-10(17-9)18(15,16)13-5-8-14-6-3-12-4-7-14/h1-2,12-13H,3-8H2. The Morgan fingerprint density at radius 3 is 2.72 bits per heavy atom. The lowest BCUT2D eigenvalue weighted by atomic mass is 10.3. The SMILES string of the molecule is O=S(=O)(NCCN1CCNCC1)c1ccc(Cl)s1. The van der Waals surface area contributed by atoms with Gasteiger partial charge in [-0.3, -0.25) is 4.90 Å². The van der Waals surface area contributed by atoms with Crippen molar-refractivity contribution in [2.75, 3.05) is 39.3 Å². The van der Waals surface area contributed by atoms with Gasteiger partial charge in [0.15, 0.2) is 0 Å². The van der Waals surface area contributed by atoms with E-state index in [1.807, 2.05) is 0 Å². The topological polar surface area (TPSA) is 61.4 Å². The van der Waals surface area contributed by atoms with Gasteiger partial charge in [0, 0.05) is 39.3 Å². The van der Waals surface area contributed by atoms with E-state index in [-0.39, 0.29) is 4.21 Å². The Morgan fingerprint density at radius 1 is 1.39 bits per heavy atom. The summed E-state index contributed by atoms with van der Waals surface area (Å²) >= 11 is 6.81. The van der Waals surface area contributed by atoms with E-state index in [0.717, 1.165) is 44.1 Å². The monoisotopic (exact) mass is 309 g/mol. The molecule has 2 heterocycles. The molecule has 1 aliphatic rings. The van der Waals surface area contributed by atoms with Crippen LogP contribution in [0.2, 0.25) is 4.34 Å². The Bertz CT molecular complexity index is 483. The smallest absolute Gasteiger partial charge is 0.250 e. The molecule has 0 radical (unpaired) electrons. The average molecular weight is 310 g/mol. The van der Waals surface area contributed by atoms with Crippen molar-refractivity contribution in [2.24, 2.45) is 0 Å². The van der Waals surface area contributed by atoms with Crippen LogP contribution in [0, 0.1) is 0 Å². The molecule has 18 heavy (non-hydrogen) atoms. The fourth-order valence-corrected chi connectivity index (χ4v) is 4.33. The Kier molecular flexibility index (Phi) is 4.99.